The molecule has 1 amide bonds. The molecule has 168 valence electrons. The van der Waals surface area contributed by atoms with Gasteiger partial charge in [-0.2, -0.15) is 0 Å². The predicted molar refractivity (Wildman–Crippen MR) is 129 cm³/mol. The molecule has 1 saturated heterocycles. The first kappa shape index (κ1) is 21.4. The van der Waals surface area contributed by atoms with Gasteiger partial charge in [0.15, 0.2) is 11.0 Å². The summed E-state index contributed by atoms with van der Waals surface area (Å²) in [5, 5.41) is 3.46. The van der Waals surface area contributed by atoms with Gasteiger partial charge in [0.2, 0.25) is 0 Å². The molecule has 0 aliphatic carbocycles. The molecule has 2 aromatic carbocycles. The van der Waals surface area contributed by atoms with Crippen LogP contribution in [0.15, 0.2) is 67.0 Å². The van der Waals surface area contributed by atoms with E-state index < -0.39 is 0 Å². The highest BCUT2D eigenvalue weighted by Crippen LogP contribution is 2.38. The van der Waals surface area contributed by atoms with Crippen LogP contribution in [0.4, 0.5) is 5.13 Å². The number of thiazole rings is 1. The van der Waals surface area contributed by atoms with Crippen molar-refractivity contribution < 1.29 is 14.3 Å². The molecule has 1 unspecified atom stereocenters. The highest BCUT2D eigenvalue weighted by Gasteiger charge is 2.20. The van der Waals surface area contributed by atoms with E-state index in [0.29, 0.717) is 23.1 Å². The number of hydrogen-bond acceptors (Lipinski definition) is 6. The quantitative estimate of drug-likeness (QED) is 0.419. The van der Waals surface area contributed by atoms with Gasteiger partial charge in [-0.25, -0.2) is 9.97 Å². The normalized spacial score (nSPS) is 15.5. The summed E-state index contributed by atoms with van der Waals surface area (Å²) in [4.78, 5) is 23.1. The van der Waals surface area contributed by atoms with Gasteiger partial charge < -0.3 is 14.0 Å². The SMILES string of the molecule is Cn1ccnc1-c1sc(NC(=O)c2cccc(OCC3CCCO3)c2)nc1-c1ccccc1. The van der Waals surface area contributed by atoms with Crippen LogP contribution < -0.4 is 10.1 Å². The molecule has 1 atom stereocenters. The topological polar surface area (TPSA) is 78.3 Å². The lowest BCUT2D eigenvalue weighted by molar-refractivity contribution is 0.0679. The second kappa shape index (κ2) is 9.56. The minimum atomic E-state index is -0.239. The van der Waals surface area contributed by atoms with Crippen LogP contribution in [-0.4, -0.2) is 39.8 Å². The lowest BCUT2D eigenvalue weighted by atomic mass is 10.1. The molecule has 1 fully saturated rings. The third-order valence-corrected chi connectivity index (χ3v) is 6.44. The van der Waals surface area contributed by atoms with E-state index in [9.17, 15) is 4.79 Å². The fourth-order valence-electron chi connectivity index (χ4n) is 3.76. The summed E-state index contributed by atoms with van der Waals surface area (Å²) in [7, 11) is 1.94. The van der Waals surface area contributed by atoms with Crippen molar-refractivity contribution in [1.29, 1.82) is 0 Å². The third-order valence-electron chi connectivity index (χ3n) is 5.48. The summed E-state index contributed by atoms with van der Waals surface area (Å²) in [5.41, 5.74) is 2.27. The van der Waals surface area contributed by atoms with Crippen LogP contribution in [0.2, 0.25) is 0 Å². The standard InChI is InChI=1S/C25H24N4O3S/c1-29-13-12-26-23(29)22-21(17-7-3-2-4-8-17)27-25(33-22)28-24(30)18-9-5-10-19(15-18)32-16-20-11-6-14-31-20/h2-5,7-10,12-13,15,20H,6,11,14,16H2,1H3,(H,27,28,30). The zero-order valence-electron chi connectivity index (χ0n) is 18.2. The van der Waals surface area contributed by atoms with Crippen molar-refractivity contribution in [2.75, 3.05) is 18.5 Å². The average Bonchev–Trinajstić information content (AvgIpc) is 3.60. The second-order valence-corrected chi connectivity index (χ2v) is 8.85. The maximum atomic E-state index is 13.0. The molecule has 4 aromatic rings. The van der Waals surface area contributed by atoms with E-state index in [4.69, 9.17) is 14.5 Å². The first-order valence-corrected chi connectivity index (χ1v) is 11.7. The molecule has 8 heteroatoms. The zero-order chi connectivity index (χ0) is 22.6. The Labute approximate surface area is 196 Å². The number of nitrogens with one attached hydrogen (secondary N) is 1. The van der Waals surface area contributed by atoms with Crippen molar-refractivity contribution in [1.82, 2.24) is 14.5 Å². The van der Waals surface area contributed by atoms with E-state index in [0.717, 1.165) is 41.4 Å². The molecule has 2 aromatic heterocycles. The van der Waals surface area contributed by atoms with Crippen molar-refractivity contribution in [3.8, 4) is 27.7 Å². The Kier molecular flexibility index (Phi) is 6.19. The molecule has 7 nitrogen and oxygen atoms in total. The Morgan fingerprint density at radius 2 is 2.12 bits per heavy atom. The summed E-state index contributed by atoms with van der Waals surface area (Å²) in [6.07, 6.45) is 5.84. The van der Waals surface area contributed by atoms with Crippen molar-refractivity contribution in [3.05, 3.63) is 72.6 Å². The molecule has 3 heterocycles. The zero-order valence-corrected chi connectivity index (χ0v) is 19.0. The first-order chi connectivity index (χ1) is 16.2. The minimum absolute atomic E-state index is 0.124. The fraction of sp³-hybridized carbons (Fsp3) is 0.240. The summed E-state index contributed by atoms with van der Waals surface area (Å²) >= 11 is 1.41. The number of rotatable bonds is 7. The Hall–Kier alpha value is -3.49. The van der Waals surface area contributed by atoms with Crippen molar-refractivity contribution >= 4 is 22.4 Å². The number of nitrogens with zero attached hydrogens (tertiary/aromatic N) is 3. The van der Waals surface area contributed by atoms with Gasteiger partial charge in [-0.1, -0.05) is 47.7 Å². The maximum Gasteiger partial charge on any atom is 0.257 e. The van der Waals surface area contributed by atoms with Crippen LogP contribution in [0.25, 0.3) is 22.0 Å². The molecule has 1 aliphatic rings. The van der Waals surface area contributed by atoms with Gasteiger partial charge in [-0.05, 0) is 31.0 Å². The number of carbonyl (C=O) groups excluding carboxylic acids is 1. The molecule has 0 bridgehead atoms. The highest BCUT2D eigenvalue weighted by atomic mass is 32.1. The summed E-state index contributed by atoms with van der Waals surface area (Å²) < 4.78 is 13.4. The van der Waals surface area contributed by atoms with E-state index in [2.05, 4.69) is 10.3 Å². The highest BCUT2D eigenvalue weighted by molar-refractivity contribution is 7.19. The van der Waals surface area contributed by atoms with Gasteiger partial charge in [-0.15, -0.1) is 0 Å². The smallest absolute Gasteiger partial charge is 0.257 e. The average molecular weight is 461 g/mol. The van der Waals surface area contributed by atoms with Crippen LogP contribution in [0.5, 0.6) is 5.75 Å². The number of benzene rings is 2. The number of ether oxygens (including phenoxy) is 2. The Bertz CT molecular complexity index is 1250. The number of anilines is 1. The Morgan fingerprint density at radius 1 is 1.24 bits per heavy atom. The maximum absolute atomic E-state index is 13.0. The van der Waals surface area contributed by atoms with Gasteiger partial charge in [-0.3, -0.25) is 10.1 Å². The van der Waals surface area contributed by atoms with Gasteiger partial charge in [0, 0.05) is 37.2 Å². The molecule has 0 radical (unpaired) electrons. The van der Waals surface area contributed by atoms with Gasteiger partial charge >= 0.3 is 0 Å². The van der Waals surface area contributed by atoms with E-state index >= 15 is 0 Å². The van der Waals surface area contributed by atoms with Gasteiger partial charge in [0.1, 0.15) is 12.4 Å². The van der Waals surface area contributed by atoms with Crippen molar-refractivity contribution in [2.24, 2.45) is 7.05 Å². The van der Waals surface area contributed by atoms with Crippen LogP contribution in [0, 0.1) is 0 Å². The number of aromatic nitrogens is 3. The first-order valence-electron chi connectivity index (χ1n) is 10.9. The van der Waals surface area contributed by atoms with Crippen molar-refractivity contribution in [2.45, 2.75) is 18.9 Å². The largest absolute Gasteiger partial charge is 0.491 e. The molecular formula is C25H24N4O3S. The lowest BCUT2D eigenvalue weighted by Gasteiger charge is -2.12. The van der Waals surface area contributed by atoms with E-state index in [1.807, 2.05) is 60.3 Å². The molecular weight excluding hydrogens is 436 g/mol. The number of imidazole rings is 1. The van der Waals surface area contributed by atoms with Gasteiger partial charge in [0.05, 0.1) is 16.7 Å². The predicted octanol–water partition coefficient (Wildman–Crippen LogP) is 5.02. The van der Waals surface area contributed by atoms with Crippen LogP contribution in [0.3, 0.4) is 0 Å². The van der Waals surface area contributed by atoms with Crippen LogP contribution in [-0.2, 0) is 11.8 Å². The van der Waals surface area contributed by atoms with Crippen LogP contribution >= 0.6 is 11.3 Å². The van der Waals surface area contributed by atoms with Crippen LogP contribution in [0.1, 0.15) is 23.2 Å². The molecule has 1 N–H and O–H groups in total. The lowest BCUT2D eigenvalue weighted by Crippen LogP contribution is -2.16. The number of aryl methyl sites for hydroxylation is 1. The summed E-state index contributed by atoms with van der Waals surface area (Å²) in [5.74, 6) is 1.21. The second-order valence-electron chi connectivity index (χ2n) is 7.85. The van der Waals surface area contributed by atoms with E-state index in [1.54, 1.807) is 18.3 Å². The third kappa shape index (κ3) is 4.81. The summed E-state index contributed by atoms with van der Waals surface area (Å²) in [6.45, 7) is 1.28. The monoisotopic (exact) mass is 460 g/mol. The number of hydrogen-bond donors (Lipinski definition) is 1. The van der Waals surface area contributed by atoms with E-state index in [-0.39, 0.29) is 12.0 Å². The number of amides is 1. The Morgan fingerprint density at radius 3 is 2.88 bits per heavy atom. The molecule has 5 rings (SSSR count). The molecule has 33 heavy (non-hydrogen) atoms. The van der Waals surface area contributed by atoms with E-state index in [1.165, 1.54) is 11.3 Å². The molecule has 0 spiro atoms. The van der Waals surface area contributed by atoms with Gasteiger partial charge in [0.25, 0.3) is 5.91 Å². The Balaban J connectivity index is 1.37. The number of carbonyl (C=O) groups is 1. The fourth-order valence-corrected chi connectivity index (χ4v) is 4.78. The molecule has 0 saturated carbocycles. The minimum Gasteiger partial charge on any atom is -0.491 e. The summed E-state index contributed by atoms with van der Waals surface area (Å²) in [6, 6.07) is 17.1. The van der Waals surface area contributed by atoms with Crippen molar-refractivity contribution in [3.63, 3.8) is 0 Å². The molecule has 1 aliphatic heterocycles.